The highest BCUT2D eigenvalue weighted by Crippen LogP contribution is 2.38. The molecule has 288 valence electrons. The van der Waals surface area contributed by atoms with Crippen molar-refractivity contribution in [2.24, 2.45) is 10.4 Å². The summed E-state index contributed by atoms with van der Waals surface area (Å²) in [5.41, 5.74) is -1.41. The number of fused-ring (bicyclic) bond motifs is 6. The molecule has 3 aliphatic heterocycles. The van der Waals surface area contributed by atoms with Gasteiger partial charge in [0.2, 0.25) is 15.9 Å². The molecular weight excluding hydrogens is 734 g/mol. The van der Waals surface area contributed by atoms with Crippen molar-refractivity contribution in [2.45, 2.75) is 81.4 Å². The van der Waals surface area contributed by atoms with Gasteiger partial charge in [-0.05, 0) is 64.2 Å². The summed E-state index contributed by atoms with van der Waals surface area (Å²) in [5, 5.41) is 6.82. The quantitative estimate of drug-likeness (QED) is 0.358. The van der Waals surface area contributed by atoms with Crippen LogP contribution in [0.3, 0.4) is 0 Å². The highest BCUT2D eigenvalue weighted by molar-refractivity contribution is 7.90. The Hall–Kier alpha value is -4.00. The van der Waals surface area contributed by atoms with Gasteiger partial charge in [-0.3, -0.25) is 0 Å². The minimum absolute atomic E-state index is 0.0326. The van der Waals surface area contributed by atoms with E-state index in [4.69, 9.17) is 4.74 Å². The SMILES string of the molecule is CN1CC[C@H](CN2CCCCCCc3ccccc3C3=C(n4ccc(OCC(C)(C)C(F)(F)F)n4)N=CC(C)(N3)NS(=O)(=O)c3cccc2n3)S1(=O)=O. The van der Waals surface area contributed by atoms with Crippen LogP contribution in [0.5, 0.6) is 5.88 Å². The van der Waals surface area contributed by atoms with E-state index in [9.17, 15) is 30.0 Å². The van der Waals surface area contributed by atoms with E-state index in [1.165, 1.54) is 33.5 Å². The fourth-order valence-corrected chi connectivity index (χ4v) is 9.33. The van der Waals surface area contributed by atoms with Gasteiger partial charge in [-0.1, -0.05) is 43.2 Å². The lowest BCUT2D eigenvalue weighted by atomic mass is 9.94. The largest absolute Gasteiger partial charge is 0.476 e. The maximum absolute atomic E-state index is 14.0. The third-order valence-electron chi connectivity index (χ3n) is 9.79. The van der Waals surface area contributed by atoms with Crippen molar-refractivity contribution in [1.29, 1.82) is 0 Å². The Bertz CT molecular complexity index is 2100. The summed E-state index contributed by atoms with van der Waals surface area (Å²) in [7, 11) is -6.22. The minimum atomic E-state index is -4.48. The zero-order valence-corrected chi connectivity index (χ0v) is 31.7. The van der Waals surface area contributed by atoms with Crippen LogP contribution in [0.15, 0.2) is 64.7 Å². The summed E-state index contributed by atoms with van der Waals surface area (Å²) in [4.78, 5) is 11.1. The number of anilines is 1. The molecular formula is C35H45F3N8O5S2. The van der Waals surface area contributed by atoms with Crippen LogP contribution in [0, 0.1) is 5.41 Å². The number of benzene rings is 1. The fourth-order valence-electron chi connectivity index (χ4n) is 6.46. The molecule has 1 unspecified atom stereocenters. The van der Waals surface area contributed by atoms with Crippen LogP contribution < -0.4 is 19.7 Å². The van der Waals surface area contributed by atoms with Crippen molar-refractivity contribution in [3.05, 3.63) is 65.9 Å². The van der Waals surface area contributed by atoms with Crippen LogP contribution in [0.4, 0.5) is 19.0 Å². The Labute approximate surface area is 308 Å². The number of nitrogens with one attached hydrogen (secondary N) is 2. The van der Waals surface area contributed by atoms with Gasteiger partial charge in [-0.15, -0.1) is 5.10 Å². The number of aliphatic imine (C=N–C) groups is 1. The number of hydrogen-bond donors (Lipinski definition) is 2. The average Bonchev–Trinajstić information content (AvgIpc) is 3.67. The second-order valence-corrected chi connectivity index (χ2v) is 18.5. The zero-order chi connectivity index (χ0) is 38.2. The van der Waals surface area contributed by atoms with Gasteiger partial charge in [0.25, 0.3) is 10.0 Å². The average molecular weight is 779 g/mol. The molecule has 4 bridgehead atoms. The van der Waals surface area contributed by atoms with E-state index < -0.39 is 49.2 Å². The van der Waals surface area contributed by atoms with E-state index in [-0.39, 0.29) is 23.3 Å². The van der Waals surface area contributed by atoms with E-state index in [1.807, 2.05) is 29.2 Å². The second kappa shape index (κ2) is 14.7. The maximum atomic E-state index is 14.0. The van der Waals surface area contributed by atoms with E-state index in [0.29, 0.717) is 37.4 Å². The van der Waals surface area contributed by atoms with Crippen LogP contribution >= 0.6 is 0 Å². The maximum Gasteiger partial charge on any atom is 0.397 e. The molecule has 1 aromatic carbocycles. The number of ether oxygens (including phenoxy) is 1. The predicted octanol–water partition coefficient (Wildman–Crippen LogP) is 4.85. The number of sulfonamides is 2. The molecule has 3 aromatic rings. The molecule has 53 heavy (non-hydrogen) atoms. The van der Waals surface area contributed by atoms with Gasteiger partial charge in [-0.2, -0.15) is 17.9 Å². The monoisotopic (exact) mass is 778 g/mol. The summed E-state index contributed by atoms with van der Waals surface area (Å²) < 4.78 is 105. The van der Waals surface area contributed by atoms with Crippen molar-refractivity contribution in [3.8, 4) is 5.88 Å². The molecule has 2 N–H and O–H groups in total. The first-order valence-corrected chi connectivity index (χ1v) is 20.5. The molecule has 0 spiro atoms. The van der Waals surface area contributed by atoms with Gasteiger partial charge >= 0.3 is 6.18 Å². The summed E-state index contributed by atoms with van der Waals surface area (Å²) >= 11 is 0. The minimum Gasteiger partial charge on any atom is -0.476 e. The van der Waals surface area contributed by atoms with E-state index in [2.05, 4.69) is 25.1 Å². The van der Waals surface area contributed by atoms with Crippen LogP contribution in [0.1, 0.15) is 64.0 Å². The second-order valence-electron chi connectivity index (χ2n) is 14.5. The Balaban J connectivity index is 1.35. The van der Waals surface area contributed by atoms with Crippen LogP contribution in [-0.4, -0.2) is 92.5 Å². The molecule has 2 aromatic heterocycles. The predicted molar refractivity (Wildman–Crippen MR) is 196 cm³/mol. The molecule has 2 atom stereocenters. The van der Waals surface area contributed by atoms with Gasteiger partial charge in [0.1, 0.15) is 18.1 Å². The summed E-state index contributed by atoms with van der Waals surface area (Å²) in [6, 6.07) is 13.8. The van der Waals surface area contributed by atoms with Crippen LogP contribution in [0.2, 0.25) is 0 Å². The molecule has 1 fully saturated rings. The number of aryl methyl sites for hydroxylation is 1. The summed E-state index contributed by atoms with van der Waals surface area (Å²) in [6.07, 6.45) is 2.92. The molecule has 13 nitrogen and oxygen atoms in total. The topological polar surface area (TPSA) is 151 Å². The fraction of sp³-hybridized carbons (Fsp3) is 0.514. The molecule has 1 saturated heterocycles. The van der Waals surface area contributed by atoms with Crippen molar-refractivity contribution >= 4 is 43.6 Å². The number of hydrogen-bond acceptors (Lipinski definition) is 10. The van der Waals surface area contributed by atoms with Crippen LogP contribution in [-0.2, 0) is 26.5 Å². The lowest BCUT2D eigenvalue weighted by molar-refractivity contribution is -0.219. The van der Waals surface area contributed by atoms with Gasteiger partial charge in [-0.25, -0.2) is 35.8 Å². The van der Waals surface area contributed by atoms with Gasteiger partial charge in [0.05, 0.1) is 16.4 Å². The highest BCUT2D eigenvalue weighted by atomic mass is 32.2. The Morgan fingerprint density at radius 3 is 2.47 bits per heavy atom. The van der Waals surface area contributed by atoms with Crippen molar-refractivity contribution in [3.63, 3.8) is 0 Å². The van der Waals surface area contributed by atoms with Crippen molar-refractivity contribution in [2.75, 3.05) is 38.2 Å². The lowest BCUT2D eigenvalue weighted by Crippen LogP contribution is -2.58. The molecule has 0 radical (unpaired) electrons. The van der Waals surface area contributed by atoms with Crippen molar-refractivity contribution < 1.29 is 34.7 Å². The number of nitrogens with zero attached hydrogens (tertiary/aromatic N) is 6. The normalized spacial score (nSPS) is 24.0. The van der Waals surface area contributed by atoms with Gasteiger partial charge in [0, 0.05) is 50.7 Å². The number of pyridine rings is 1. The zero-order valence-electron chi connectivity index (χ0n) is 30.1. The molecule has 0 aliphatic carbocycles. The van der Waals surface area contributed by atoms with E-state index in [1.54, 1.807) is 26.1 Å². The Kier molecular flexibility index (Phi) is 10.7. The first kappa shape index (κ1) is 38.7. The van der Waals surface area contributed by atoms with E-state index >= 15 is 0 Å². The molecule has 6 rings (SSSR count). The molecule has 0 saturated carbocycles. The number of alkyl halides is 3. The summed E-state index contributed by atoms with van der Waals surface area (Å²) in [6.45, 7) is 4.17. The van der Waals surface area contributed by atoms with Crippen LogP contribution in [0.25, 0.3) is 11.5 Å². The summed E-state index contributed by atoms with van der Waals surface area (Å²) in [5.74, 6) is 0.609. The van der Waals surface area contributed by atoms with Crippen molar-refractivity contribution in [1.82, 2.24) is 29.1 Å². The number of aromatic nitrogens is 3. The highest BCUT2D eigenvalue weighted by Gasteiger charge is 2.48. The molecule has 0 amide bonds. The number of halogens is 3. The van der Waals surface area contributed by atoms with Gasteiger partial charge < -0.3 is 15.0 Å². The van der Waals surface area contributed by atoms with E-state index in [0.717, 1.165) is 50.7 Å². The number of rotatable bonds is 6. The third-order valence-corrected chi connectivity index (χ3v) is 13.5. The standard InChI is InChI=1S/C35H45F3N8O5S2/c1-33(2,35(36,37)38)24-51-29-18-21-46(42-29)32-31-27-14-9-8-13-25(27)12-7-5-6-10-19-45(22-26-17-20-44(4)53(26,49)50)28-15-11-16-30(40-28)52(47,48)43-34(3,41-31)23-39-32/h8-9,11,13-16,18,21,23,26,41,43H,5-7,10,12,17,19-20,22,24H2,1-4H3/t26-,34?/m1/s1. The smallest absolute Gasteiger partial charge is 0.397 e. The third kappa shape index (κ3) is 8.39. The first-order chi connectivity index (χ1) is 24.9. The lowest BCUT2D eigenvalue weighted by Gasteiger charge is -2.34. The molecule has 3 aliphatic rings. The van der Waals surface area contributed by atoms with Gasteiger partial charge in [0.15, 0.2) is 10.8 Å². The molecule has 18 heteroatoms. The first-order valence-electron chi connectivity index (χ1n) is 17.5. The molecule has 5 heterocycles. The Morgan fingerprint density at radius 2 is 1.74 bits per heavy atom. The Morgan fingerprint density at radius 1 is 0.981 bits per heavy atom.